The Balaban J connectivity index is 1.53. The van der Waals surface area contributed by atoms with Gasteiger partial charge in [0.2, 0.25) is 0 Å². The third-order valence-corrected chi connectivity index (χ3v) is 8.54. The van der Waals surface area contributed by atoms with Gasteiger partial charge in [0.05, 0.1) is 40.5 Å². The van der Waals surface area contributed by atoms with Gasteiger partial charge >= 0.3 is 6.09 Å². The fourth-order valence-corrected chi connectivity index (χ4v) is 6.51. The van der Waals surface area contributed by atoms with E-state index in [0.29, 0.717) is 12.5 Å². The first kappa shape index (κ1) is 24.8. The molecule has 204 valence electrons. The minimum atomic E-state index is -0.746. The third-order valence-electron chi connectivity index (χ3n) is 8.54. The van der Waals surface area contributed by atoms with Crippen LogP contribution < -0.4 is 5.32 Å². The van der Waals surface area contributed by atoms with Crippen molar-refractivity contribution >= 4 is 28.0 Å². The van der Waals surface area contributed by atoms with Gasteiger partial charge < -0.3 is 19.4 Å². The van der Waals surface area contributed by atoms with Crippen LogP contribution in [-0.4, -0.2) is 50.4 Å². The summed E-state index contributed by atoms with van der Waals surface area (Å²) < 4.78 is 15.8. The van der Waals surface area contributed by atoms with E-state index in [0.717, 1.165) is 70.5 Å². The van der Waals surface area contributed by atoms with Crippen molar-refractivity contribution in [1.29, 1.82) is 0 Å². The maximum Gasteiger partial charge on any atom is 0.408 e. The first-order valence-electron chi connectivity index (χ1n) is 13.8. The van der Waals surface area contributed by atoms with Crippen molar-refractivity contribution in [3.05, 3.63) is 77.6 Å². The maximum atomic E-state index is 12.0. The van der Waals surface area contributed by atoms with E-state index in [9.17, 15) is 4.79 Å². The highest BCUT2D eigenvalue weighted by Crippen LogP contribution is 2.42. The van der Waals surface area contributed by atoms with Gasteiger partial charge in [-0.15, -0.1) is 5.10 Å². The Morgan fingerprint density at radius 2 is 1.88 bits per heavy atom. The van der Waals surface area contributed by atoms with Gasteiger partial charge in [0, 0.05) is 37.4 Å². The number of cyclic esters (lactones) is 1. The molecule has 0 aliphatic carbocycles. The number of hydrogen-bond acceptors (Lipinski definition) is 6. The number of fused-ring (bicyclic) bond motifs is 3. The molecule has 2 aromatic carbocycles. The SMILES string of the molecule is Cc1nnn(C)c1-c1cnc2c3ccc([C@]4(C)CNC(=O)O4)cc3n([C@H](c3ccccc3)C3CCOCC3)c2c1. The van der Waals surface area contributed by atoms with Crippen LogP contribution in [0.15, 0.2) is 60.8 Å². The van der Waals surface area contributed by atoms with Crippen LogP contribution in [0.2, 0.25) is 0 Å². The summed E-state index contributed by atoms with van der Waals surface area (Å²) in [6.07, 6.45) is 3.47. The van der Waals surface area contributed by atoms with E-state index in [1.54, 1.807) is 4.68 Å². The van der Waals surface area contributed by atoms with E-state index in [1.165, 1.54) is 5.56 Å². The zero-order chi connectivity index (χ0) is 27.4. The van der Waals surface area contributed by atoms with Gasteiger partial charge in [-0.25, -0.2) is 9.48 Å². The van der Waals surface area contributed by atoms with E-state index in [4.69, 9.17) is 14.5 Å². The number of rotatable bonds is 5. The van der Waals surface area contributed by atoms with E-state index < -0.39 is 5.60 Å². The molecule has 0 bridgehead atoms. The molecule has 2 fully saturated rings. The summed E-state index contributed by atoms with van der Waals surface area (Å²) in [6.45, 7) is 5.86. The Morgan fingerprint density at radius 1 is 1.07 bits per heavy atom. The van der Waals surface area contributed by atoms with Crippen molar-refractivity contribution in [3.8, 4) is 11.3 Å². The number of carbonyl (C=O) groups is 1. The third kappa shape index (κ3) is 3.95. The molecule has 9 heteroatoms. The number of nitrogens with zero attached hydrogens (tertiary/aromatic N) is 5. The van der Waals surface area contributed by atoms with E-state index in [1.807, 2.05) is 27.1 Å². The smallest absolute Gasteiger partial charge is 0.408 e. The lowest BCUT2D eigenvalue weighted by Crippen LogP contribution is -2.27. The number of aryl methyl sites for hydroxylation is 2. The fraction of sp³-hybridized carbons (Fsp3) is 0.355. The van der Waals surface area contributed by atoms with Crippen LogP contribution in [0.4, 0.5) is 4.79 Å². The summed E-state index contributed by atoms with van der Waals surface area (Å²) in [5.41, 5.74) is 7.31. The second-order valence-corrected chi connectivity index (χ2v) is 11.1. The number of pyridine rings is 1. The molecular formula is C31H32N6O3. The molecule has 9 nitrogen and oxygen atoms in total. The van der Waals surface area contributed by atoms with Crippen molar-refractivity contribution in [2.45, 2.75) is 38.3 Å². The highest BCUT2D eigenvalue weighted by Gasteiger charge is 2.38. The predicted molar refractivity (Wildman–Crippen MR) is 152 cm³/mol. The molecule has 7 rings (SSSR count). The van der Waals surface area contributed by atoms with Crippen LogP contribution in [0.25, 0.3) is 33.2 Å². The predicted octanol–water partition coefficient (Wildman–Crippen LogP) is 5.26. The first-order chi connectivity index (χ1) is 19.4. The van der Waals surface area contributed by atoms with Gasteiger partial charge in [0.15, 0.2) is 5.60 Å². The second-order valence-electron chi connectivity index (χ2n) is 11.1. The molecule has 1 N–H and O–H groups in total. The van der Waals surface area contributed by atoms with E-state index in [-0.39, 0.29) is 12.1 Å². The van der Waals surface area contributed by atoms with E-state index in [2.05, 4.69) is 74.8 Å². The topological polar surface area (TPSA) is 96.1 Å². The molecule has 0 saturated carbocycles. The quantitative estimate of drug-likeness (QED) is 0.329. The lowest BCUT2D eigenvalue weighted by molar-refractivity contribution is 0.0552. The second kappa shape index (κ2) is 9.45. The average molecular weight is 537 g/mol. The van der Waals surface area contributed by atoms with Crippen LogP contribution in [0.1, 0.15) is 42.6 Å². The van der Waals surface area contributed by atoms with Crippen LogP contribution >= 0.6 is 0 Å². The lowest BCUT2D eigenvalue weighted by atomic mass is 9.86. The summed E-state index contributed by atoms with van der Waals surface area (Å²) in [7, 11) is 1.91. The highest BCUT2D eigenvalue weighted by molar-refractivity contribution is 6.07. The van der Waals surface area contributed by atoms with Crippen LogP contribution in [0.5, 0.6) is 0 Å². The molecule has 5 heterocycles. The Labute approximate surface area is 232 Å². The number of carbonyl (C=O) groups excluding carboxylic acids is 1. The van der Waals surface area contributed by atoms with Crippen molar-refractivity contribution < 1.29 is 14.3 Å². The van der Waals surface area contributed by atoms with Crippen molar-refractivity contribution in [1.82, 2.24) is 29.9 Å². The Morgan fingerprint density at radius 3 is 2.58 bits per heavy atom. The number of hydrogen-bond donors (Lipinski definition) is 1. The number of ether oxygens (including phenoxy) is 2. The largest absolute Gasteiger partial charge is 0.436 e. The van der Waals surface area contributed by atoms with E-state index >= 15 is 0 Å². The highest BCUT2D eigenvalue weighted by atomic mass is 16.6. The molecular weight excluding hydrogens is 504 g/mol. The summed E-state index contributed by atoms with van der Waals surface area (Å²) in [6, 6.07) is 19.4. The fourth-order valence-electron chi connectivity index (χ4n) is 6.51. The number of alkyl carbamates (subject to hydrolysis) is 1. The summed E-state index contributed by atoms with van der Waals surface area (Å²) in [5, 5.41) is 12.4. The molecule has 1 amide bonds. The zero-order valence-corrected chi connectivity index (χ0v) is 22.9. The first-order valence-corrected chi connectivity index (χ1v) is 13.8. The number of aromatic nitrogens is 5. The summed E-state index contributed by atoms with van der Waals surface area (Å²) >= 11 is 0. The standard InChI is InChI=1S/C31H32N6O3/c1-19-28(36(3)35-34-19)22-15-26-27(32-17-22)24-10-9-23(31(2)18-33-30(38)40-31)16-25(24)37(26)29(20-7-5-4-6-8-20)21-11-13-39-14-12-21/h4-10,15-17,21,29H,11-14,18H2,1-3H3,(H,33,38)/t29-,31+/m1/s1. The van der Waals surface area contributed by atoms with Gasteiger partial charge in [0.25, 0.3) is 0 Å². The molecule has 2 aliphatic heterocycles. The van der Waals surface area contributed by atoms with Crippen molar-refractivity contribution in [2.75, 3.05) is 19.8 Å². The van der Waals surface area contributed by atoms with Gasteiger partial charge in [0.1, 0.15) is 0 Å². The molecule has 2 saturated heterocycles. The lowest BCUT2D eigenvalue weighted by Gasteiger charge is -2.33. The monoisotopic (exact) mass is 536 g/mol. The van der Waals surface area contributed by atoms with Gasteiger partial charge in [-0.2, -0.15) is 0 Å². The van der Waals surface area contributed by atoms with Gasteiger partial charge in [-0.05, 0) is 55.9 Å². The molecule has 0 radical (unpaired) electrons. The van der Waals surface area contributed by atoms with Crippen LogP contribution in [-0.2, 0) is 22.1 Å². The number of amides is 1. The molecule has 2 aliphatic rings. The molecule has 5 aromatic rings. The van der Waals surface area contributed by atoms with Crippen molar-refractivity contribution in [2.24, 2.45) is 13.0 Å². The number of benzene rings is 2. The summed E-state index contributed by atoms with van der Waals surface area (Å²) in [5.74, 6) is 0.379. The molecule has 40 heavy (non-hydrogen) atoms. The molecule has 3 aromatic heterocycles. The Kier molecular flexibility index (Phi) is 5.85. The minimum Gasteiger partial charge on any atom is -0.436 e. The Bertz CT molecular complexity index is 1720. The van der Waals surface area contributed by atoms with Crippen molar-refractivity contribution in [3.63, 3.8) is 0 Å². The van der Waals surface area contributed by atoms with Crippen LogP contribution in [0.3, 0.4) is 0 Å². The Hall–Kier alpha value is -4.24. The molecule has 0 spiro atoms. The van der Waals surface area contributed by atoms with Gasteiger partial charge in [-0.1, -0.05) is 47.7 Å². The zero-order valence-electron chi connectivity index (χ0n) is 22.9. The van der Waals surface area contributed by atoms with Gasteiger partial charge in [-0.3, -0.25) is 4.98 Å². The number of nitrogens with one attached hydrogen (secondary N) is 1. The molecule has 0 unspecified atom stereocenters. The molecule has 2 atom stereocenters. The minimum absolute atomic E-state index is 0.0696. The summed E-state index contributed by atoms with van der Waals surface area (Å²) in [4.78, 5) is 17.1. The average Bonchev–Trinajstić information content (AvgIpc) is 3.62. The van der Waals surface area contributed by atoms with Crippen LogP contribution in [0, 0.1) is 12.8 Å². The maximum absolute atomic E-state index is 12.0. The normalized spacial score (nSPS) is 20.6.